The van der Waals surface area contributed by atoms with Gasteiger partial charge in [-0.2, -0.15) is 5.10 Å². The van der Waals surface area contributed by atoms with E-state index in [2.05, 4.69) is 17.0 Å². The average Bonchev–Trinajstić information content (AvgIpc) is 2.76. The monoisotopic (exact) mass is 210 g/mol. The van der Waals surface area contributed by atoms with E-state index < -0.39 is 0 Å². The Labute approximate surface area is 89.6 Å². The van der Waals surface area contributed by atoms with Gasteiger partial charge < -0.3 is 10.5 Å². The molecule has 1 aromatic heterocycles. The Kier molecular flexibility index (Phi) is 2.75. The minimum Gasteiger partial charge on any atom is -0.377 e. The van der Waals surface area contributed by atoms with Crippen LogP contribution in [0.5, 0.6) is 0 Å². The first-order valence-electron chi connectivity index (χ1n) is 5.43. The Bertz CT molecular complexity index is 338. The maximum atomic E-state index is 6.31. The molecule has 1 aliphatic heterocycles. The zero-order valence-electron chi connectivity index (χ0n) is 9.31. The first-order valence-corrected chi connectivity index (χ1v) is 5.43. The van der Waals surface area contributed by atoms with E-state index in [1.807, 2.05) is 11.6 Å². The highest BCUT2D eigenvalue weighted by Crippen LogP contribution is 2.26. The largest absolute Gasteiger partial charge is 0.377 e. The predicted octanol–water partition coefficient (Wildman–Crippen LogP) is 0.347. The number of hydrogen-bond donors (Lipinski definition) is 1. The van der Waals surface area contributed by atoms with Crippen LogP contribution in [-0.4, -0.2) is 33.0 Å². The molecule has 2 heterocycles. The zero-order valence-corrected chi connectivity index (χ0v) is 9.31. The van der Waals surface area contributed by atoms with Gasteiger partial charge in [0.05, 0.1) is 11.6 Å². The standard InChI is InChI=1S/C10H18N4O/c1-3-14-9(12-7-13-14)6-10(11)4-5-15-8(10)2/h7-8H,3-6,11H2,1-2H3. The number of rotatable bonds is 3. The summed E-state index contributed by atoms with van der Waals surface area (Å²) in [5.74, 6) is 0.956. The van der Waals surface area contributed by atoms with Gasteiger partial charge in [-0.1, -0.05) is 0 Å². The molecule has 1 fully saturated rings. The summed E-state index contributed by atoms with van der Waals surface area (Å²) in [6, 6.07) is 0. The maximum absolute atomic E-state index is 6.31. The highest BCUT2D eigenvalue weighted by atomic mass is 16.5. The van der Waals surface area contributed by atoms with Crippen LogP contribution < -0.4 is 5.73 Å². The summed E-state index contributed by atoms with van der Waals surface area (Å²) < 4.78 is 7.40. The fourth-order valence-electron chi connectivity index (χ4n) is 2.01. The maximum Gasteiger partial charge on any atom is 0.138 e. The summed E-state index contributed by atoms with van der Waals surface area (Å²) in [5.41, 5.74) is 6.03. The molecule has 2 rings (SSSR count). The van der Waals surface area contributed by atoms with Gasteiger partial charge in [0.15, 0.2) is 0 Å². The van der Waals surface area contributed by atoms with Crippen LogP contribution in [0, 0.1) is 0 Å². The third-order valence-corrected chi connectivity index (χ3v) is 3.23. The van der Waals surface area contributed by atoms with E-state index in [9.17, 15) is 0 Å². The Balaban J connectivity index is 2.14. The molecule has 5 nitrogen and oxygen atoms in total. The van der Waals surface area contributed by atoms with Crippen LogP contribution in [0.1, 0.15) is 26.1 Å². The van der Waals surface area contributed by atoms with Gasteiger partial charge in [-0.3, -0.25) is 4.68 Å². The van der Waals surface area contributed by atoms with Crippen LogP contribution in [0.4, 0.5) is 0 Å². The molecule has 5 heteroatoms. The van der Waals surface area contributed by atoms with Crippen molar-refractivity contribution < 1.29 is 4.74 Å². The van der Waals surface area contributed by atoms with E-state index in [0.717, 1.165) is 31.8 Å². The molecule has 84 valence electrons. The molecule has 0 amide bonds. The normalized spacial score (nSPS) is 31.0. The van der Waals surface area contributed by atoms with E-state index in [1.54, 1.807) is 6.33 Å². The predicted molar refractivity (Wildman–Crippen MR) is 56.3 cm³/mol. The van der Waals surface area contributed by atoms with E-state index in [-0.39, 0.29) is 11.6 Å². The number of nitrogens with zero attached hydrogens (tertiary/aromatic N) is 3. The molecule has 2 unspecified atom stereocenters. The van der Waals surface area contributed by atoms with Crippen molar-refractivity contribution in [1.29, 1.82) is 0 Å². The van der Waals surface area contributed by atoms with Crippen molar-refractivity contribution in [2.75, 3.05) is 6.61 Å². The summed E-state index contributed by atoms with van der Waals surface area (Å²) in [6.07, 6.45) is 3.31. The molecule has 0 spiro atoms. The summed E-state index contributed by atoms with van der Waals surface area (Å²) >= 11 is 0. The first-order chi connectivity index (χ1) is 7.15. The molecule has 0 aliphatic carbocycles. The van der Waals surface area contributed by atoms with Crippen LogP contribution in [0.3, 0.4) is 0 Å². The Morgan fingerprint density at radius 3 is 3.13 bits per heavy atom. The molecule has 0 aromatic carbocycles. The molecule has 1 aromatic rings. The molecule has 0 saturated carbocycles. The van der Waals surface area contributed by atoms with Gasteiger partial charge in [-0.25, -0.2) is 4.98 Å². The molecule has 0 bridgehead atoms. The van der Waals surface area contributed by atoms with Gasteiger partial charge in [0.1, 0.15) is 12.2 Å². The second kappa shape index (κ2) is 3.90. The van der Waals surface area contributed by atoms with Crippen molar-refractivity contribution in [2.24, 2.45) is 5.73 Å². The Morgan fingerprint density at radius 1 is 1.73 bits per heavy atom. The summed E-state index contributed by atoms with van der Waals surface area (Å²) in [6.45, 7) is 5.66. The highest BCUT2D eigenvalue weighted by Gasteiger charge is 2.38. The van der Waals surface area contributed by atoms with Gasteiger partial charge in [0, 0.05) is 19.6 Å². The van der Waals surface area contributed by atoms with Crippen LogP contribution in [-0.2, 0) is 17.7 Å². The van der Waals surface area contributed by atoms with Gasteiger partial charge >= 0.3 is 0 Å². The van der Waals surface area contributed by atoms with Gasteiger partial charge in [0.25, 0.3) is 0 Å². The van der Waals surface area contributed by atoms with Gasteiger partial charge in [-0.15, -0.1) is 0 Å². The number of aromatic nitrogens is 3. The lowest BCUT2D eigenvalue weighted by atomic mass is 9.89. The highest BCUT2D eigenvalue weighted by molar-refractivity contribution is 5.03. The van der Waals surface area contributed by atoms with E-state index in [1.165, 1.54) is 0 Å². The lowest BCUT2D eigenvalue weighted by Gasteiger charge is -2.26. The van der Waals surface area contributed by atoms with Gasteiger partial charge in [-0.05, 0) is 20.3 Å². The lowest BCUT2D eigenvalue weighted by Crippen LogP contribution is -2.48. The van der Waals surface area contributed by atoms with Crippen LogP contribution >= 0.6 is 0 Å². The molecule has 15 heavy (non-hydrogen) atoms. The minimum atomic E-state index is -0.278. The third-order valence-electron chi connectivity index (χ3n) is 3.23. The molecule has 1 saturated heterocycles. The van der Waals surface area contributed by atoms with Crippen molar-refractivity contribution in [3.63, 3.8) is 0 Å². The van der Waals surface area contributed by atoms with E-state index in [0.29, 0.717) is 0 Å². The number of nitrogens with two attached hydrogens (primary N) is 1. The second-order valence-electron chi connectivity index (χ2n) is 4.16. The molecule has 2 N–H and O–H groups in total. The zero-order chi connectivity index (χ0) is 10.9. The van der Waals surface area contributed by atoms with Crippen molar-refractivity contribution in [3.8, 4) is 0 Å². The Morgan fingerprint density at radius 2 is 2.53 bits per heavy atom. The number of aryl methyl sites for hydroxylation is 1. The summed E-state index contributed by atoms with van der Waals surface area (Å²) in [7, 11) is 0. The molecular formula is C10H18N4O. The summed E-state index contributed by atoms with van der Waals surface area (Å²) in [5, 5.41) is 4.14. The van der Waals surface area contributed by atoms with Crippen molar-refractivity contribution >= 4 is 0 Å². The second-order valence-corrected chi connectivity index (χ2v) is 4.16. The topological polar surface area (TPSA) is 66.0 Å². The van der Waals surface area contributed by atoms with E-state index >= 15 is 0 Å². The SMILES string of the molecule is CCn1ncnc1CC1(N)CCOC1C. The van der Waals surface area contributed by atoms with Crippen molar-refractivity contribution in [3.05, 3.63) is 12.2 Å². The fourth-order valence-corrected chi connectivity index (χ4v) is 2.01. The van der Waals surface area contributed by atoms with Crippen molar-refractivity contribution in [1.82, 2.24) is 14.8 Å². The number of ether oxygens (including phenoxy) is 1. The van der Waals surface area contributed by atoms with Crippen LogP contribution in [0.25, 0.3) is 0 Å². The number of hydrogen-bond acceptors (Lipinski definition) is 4. The van der Waals surface area contributed by atoms with Crippen molar-refractivity contribution in [2.45, 2.75) is 44.9 Å². The van der Waals surface area contributed by atoms with Gasteiger partial charge in [0.2, 0.25) is 0 Å². The molecule has 0 radical (unpaired) electrons. The molecule has 2 atom stereocenters. The molecular weight excluding hydrogens is 192 g/mol. The van der Waals surface area contributed by atoms with E-state index in [4.69, 9.17) is 10.5 Å². The summed E-state index contributed by atoms with van der Waals surface area (Å²) in [4.78, 5) is 4.25. The smallest absolute Gasteiger partial charge is 0.138 e. The first kappa shape index (κ1) is 10.6. The minimum absolute atomic E-state index is 0.0968. The average molecular weight is 210 g/mol. The third kappa shape index (κ3) is 1.89. The fraction of sp³-hybridized carbons (Fsp3) is 0.800. The Hall–Kier alpha value is -0.940. The lowest BCUT2D eigenvalue weighted by molar-refractivity contribution is 0.0946. The quantitative estimate of drug-likeness (QED) is 0.781. The van der Waals surface area contributed by atoms with Crippen LogP contribution in [0.15, 0.2) is 6.33 Å². The van der Waals surface area contributed by atoms with Crippen LogP contribution in [0.2, 0.25) is 0 Å². The molecule has 1 aliphatic rings.